The average molecular weight is 561 g/mol. The van der Waals surface area contributed by atoms with Gasteiger partial charge in [-0.15, -0.1) is 0 Å². The minimum Gasteiger partial charge on any atom is -0.462 e. The number of carbonyl (C=O) groups is 2. The molecule has 0 radical (unpaired) electrons. The first kappa shape index (κ1) is 30.0. The number of ether oxygens (including phenoxy) is 2. The molecule has 5 aliphatic carbocycles. The fourth-order valence-electron chi connectivity index (χ4n) is 11.3. The molecular formula is C33H52O7. The highest BCUT2D eigenvalue weighted by molar-refractivity contribution is 5.66. The molecule has 0 aromatic carbocycles. The van der Waals surface area contributed by atoms with E-state index in [2.05, 4.69) is 47.6 Å². The molecule has 5 aliphatic rings. The van der Waals surface area contributed by atoms with Gasteiger partial charge in [0.1, 0.15) is 23.9 Å². The van der Waals surface area contributed by atoms with Crippen LogP contribution in [0.2, 0.25) is 0 Å². The van der Waals surface area contributed by atoms with Crippen molar-refractivity contribution < 1.29 is 34.4 Å². The lowest BCUT2D eigenvalue weighted by Crippen LogP contribution is -2.69. The molecule has 0 amide bonds. The van der Waals surface area contributed by atoms with Crippen molar-refractivity contribution in [2.45, 2.75) is 131 Å². The molecule has 3 N–H and O–H groups in total. The molecule has 0 aliphatic heterocycles. The van der Waals surface area contributed by atoms with Crippen molar-refractivity contribution >= 4 is 11.9 Å². The van der Waals surface area contributed by atoms with Crippen molar-refractivity contribution in [2.24, 2.45) is 44.8 Å². The molecule has 0 unspecified atom stereocenters. The van der Waals surface area contributed by atoms with E-state index < -0.39 is 35.8 Å². The molecule has 40 heavy (non-hydrogen) atoms. The van der Waals surface area contributed by atoms with Crippen LogP contribution in [-0.4, -0.2) is 57.8 Å². The Bertz CT molecular complexity index is 1100. The number of aliphatic hydroxyl groups is 3. The minimum atomic E-state index is -1.73. The van der Waals surface area contributed by atoms with E-state index in [9.17, 15) is 24.9 Å². The third-order valence-electron chi connectivity index (χ3n) is 13.7. The van der Waals surface area contributed by atoms with E-state index in [0.717, 1.165) is 44.9 Å². The lowest BCUT2D eigenvalue weighted by atomic mass is 9.33. The van der Waals surface area contributed by atoms with E-state index in [1.54, 1.807) is 0 Å². The fourth-order valence-corrected chi connectivity index (χ4v) is 11.3. The van der Waals surface area contributed by atoms with Gasteiger partial charge in [0.05, 0.1) is 6.61 Å². The summed E-state index contributed by atoms with van der Waals surface area (Å²) < 4.78 is 11.6. The average Bonchev–Trinajstić information content (AvgIpc) is 2.85. The lowest BCUT2D eigenvalue weighted by molar-refractivity contribution is -0.249. The van der Waals surface area contributed by atoms with E-state index in [0.29, 0.717) is 11.8 Å². The number of carbonyl (C=O) groups excluding carboxylic acids is 2. The topological polar surface area (TPSA) is 113 Å². The summed E-state index contributed by atoms with van der Waals surface area (Å²) in [7, 11) is 0. The van der Waals surface area contributed by atoms with Gasteiger partial charge in [0.2, 0.25) is 0 Å². The van der Waals surface area contributed by atoms with Gasteiger partial charge in [-0.25, -0.2) is 0 Å². The van der Waals surface area contributed by atoms with Crippen LogP contribution in [0.25, 0.3) is 0 Å². The van der Waals surface area contributed by atoms with Gasteiger partial charge in [-0.3, -0.25) is 9.59 Å². The fraction of sp³-hybridized carbons (Fsp3) is 0.879. The first-order chi connectivity index (χ1) is 18.4. The van der Waals surface area contributed by atoms with Gasteiger partial charge in [-0.05, 0) is 85.4 Å². The van der Waals surface area contributed by atoms with Crippen molar-refractivity contribution in [2.75, 3.05) is 6.61 Å². The zero-order chi connectivity index (χ0) is 29.7. The van der Waals surface area contributed by atoms with Gasteiger partial charge >= 0.3 is 11.9 Å². The molecule has 7 nitrogen and oxygen atoms in total. The Kier molecular flexibility index (Phi) is 6.97. The van der Waals surface area contributed by atoms with Crippen molar-refractivity contribution in [1.82, 2.24) is 0 Å². The standard InChI is InChI=1S/C33H52O7/c1-19(35)39-25-12-13-30(6)23(28(25,3)4)11-14-32(8)24(30)10-9-21-22-17-33(38,18-34)26(37)27(40-20(2)36)29(22,5)15-16-31(21,32)7/h9,22-27,34,37-38H,10-18H2,1-8H3/t22-,23-,24+,25+,26+,27-,29+,30-,31+,32+,33-/m0/s1. The SMILES string of the molecule is CC(=O)O[C@@H]1CC[C@]2(C)[C@H]3CC=C4[C@@H]5C[C@](O)(CO)[C@H](O)[C@H](OC(C)=O)[C@]5(C)CC[C@@]4(C)[C@]3(C)CC[C@H]2C1(C)C. The largest absolute Gasteiger partial charge is 0.462 e. The Balaban J connectivity index is 1.55. The van der Waals surface area contributed by atoms with Gasteiger partial charge in [-0.2, -0.15) is 0 Å². The zero-order valence-corrected chi connectivity index (χ0v) is 25.9. The maximum absolute atomic E-state index is 12.1. The van der Waals surface area contributed by atoms with E-state index in [4.69, 9.17) is 9.47 Å². The number of hydrogen-bond acceptors (Lipinski definition) is 7. The molecule has 0 heterocycles. The second-order valence-electron chi connectivity index (χ2n) is 15.8. The summed E-state index contributed by atoms with van der Waals surface area (Å²) in [6.45, 7) is 16.3. The highest BCUT2D eigenvalue weighted by atomic mass is 16.6. The van der Waals surface area contributed by atoms with E-state index >= 15 is 0 Å². The van der Waals surface area contributed by atoms with Crippen molar-refractivity contribution in [1.29, 1.82) is 0 Å². The highest BCUT2D eigenvalue weighted by Gasteiger charge is 2.70. The van der Waals surface area contributed by atoms with E-state index in [1.165, 1.54) is 19.4 Å². The number of esters is 2. The van der Waals surface area contributed by atoms with Crippen LogP contribution in [0, 0.1) is 44.8 Å². The predicted molar refractivity (Wildman–Crippen MR) is 151 cm³/mol. The molecule has 226 valence electrons. The molecule has 0 bridgehead atoms. The predicted octanol–water partition coefficient (Wildman–Crippen LogP) is 4.95. The first-order valence-electron chi connectivity index (χ1n) is 15.5. The third-order valence-corrected chi connectivity index (χ3v) is 13.7. The quantitative estimate of drug-likeness (QED) is 0.331. The monoisotopic (exact) mass is 560 g/mol. The summed E-state index contributed by atoms with van der Waals surface area (Å²) in [4.78, 5) is 24.1. The maximum atomic E-state index is 12.1. The second kappa shape index (κ2) is 9.28. The maximum Gasteiger partial charge on any atom is 0.303 e. The molecular weight excluding hydrogens is 508 g/mol. The van der Waals surface area contributed by atoms with Crippen LogP contribution < -0.4 is 0 Å². The molecule has 0 spiro atoms. The van der Waals surface area contributed by atoms with Crippen molar-refractivity contribution in [3.63, 3.8) is 0 Å². The van der Waals surface area contributed by atoms with Crippen LogP contribution >= 0.6 is 0 Å². The second-order valence-corrected chi connectivity index (χ2v) is 15.8. The number of hydrogen-bond donors (Lipinski definition) is 3. The number of rotatable bonds is 3. The lowest BCUT2D eigenvalue weighted by Gasteiger charge is -2.71. The van der Waals surface area contributed by atoms with Crippen LogP contribution in [-0.2, 0) is 19.1 Å². The molecule has 5 rings (SSSR count). The molecule has 7 heteroatoms. The summed E-state index contributed by atoms with van der Waals surface area (Å²) in [5.41, 5.74) is -1.05. The van der Waals surface area contributed by atoms with Gasteiger partial charge in [0.15, 0.2) is 0 Å². The van der Waals surface area contributed by atoms with Gasteiger partial charge in [0, 0.05) is 24.7 Å². The smallest absolute Gasteiger partial charge is 0.303 e. The van der Waals surface area contributed by atoms with Gasteiger partial charge in [0.25, 0.3) is 0 Å². The Morgan fingerprint density at radius 1 is 0.900 bits per heavy atom. The van der Waals surface area contributed by atoms with Crippen molar-refractivity contribution in [3.05, 3.63) is 11.6 Å². The molecule has 0 aromatic rings. The van der Waals surface area contributed by atoms with E-state index in [1.807, 2.05) is 0 Å². The normalized spacial score (nSPS) is 51.2. The highest BCUT2D eigenvalue weighted by Crippen LogP contribution is 2.75. The van der Waals surface area contributed by atoms with Crippen LogP contribution in [0.3, 0.4) is 0 Å². The molecule has 4 fully saturated rings. The Labute approximate surface area is 240 Å². The Hall–Kier alpha value is -1.44. The van der Waals surface area contributed by atoms with Crippen molar-refractivity contribution in [3.8, 4) is 0 Å². The number of fused-ring (bicyclic) bond motifs is 7. The Morgan fingerprint density at radius 3 is 2.15 bits per heavy atom. The zero-order valence-electron chi connectivity index (χ0n) is 25.9. The summed E-state index contributed by atoms with van der Waals surface area (Å²) >= 11 is 0. The number of aliphatic hydroxyl groups excluding tert-OH is 2. The van der Waals surface area contributed by atoms with Crippen LogP contribution in [0.5, 0.6) is 0 Å². The van der Waals surface area contributed by atoms with E-state index in [-0.39, 0.29) is 46.1 Å². The Morgan fingerprint density at radius 2 is 1.55 bits per heavy atom. The van der Waals surface area contributed by atoms with Crippen LogP contribution in [0.1, 0.15) is 107 Å². The molecule has 11 atom stereocenters. The molecule has 0 saturated heterocycles. The summed E-state index contributed by atoms with van der Waals surface area (Å²) in [6.07, 6.45) is 7.07. The summed E-state index contributed by atoms with van der Waals surface area (Å²) in [5, 5.41) is 32.9. The summed E-state index contributed by atoms with van der Waals surface area (Å²) in [6, 6.07) is 0. The molecule has 0 aromatic heterocycles. The first-order valence-corrected chi connectivity index (χ1v) is 15.5. The minimum absolute atomic E-state index is 0.0261. The third kappa shape index (κ3) is 3.85. The molecule has 4 saturated carbocycles. The number of allylic oxidation sites excluding steroid dienone is 2. The van der Waals surface area contributed by atoms with Gasteiger partial charge < -0.3 is 24.8 Å². The van der Waals surface area contributed by atoms with Gasteiger partial charge in [-0.1, -0.05) is 53.2 Å². The summed E-state index contributed by atoms with van der Waals surface area (Å²) in [5.74, 6) is 0.113. The van der Waals surface area contributed by atoms with Crippen LogP contribution in [0.15, 0.2) is 11.6 Å². The van der Waals surface area contributed by atoms with Crippen LogP contribution in [0.4, 0.5) is 0 Å².